The molecule has 7 nitrogen and oxygen atoms in total. The molecule has 126 valence electrons. The molecule has 23 heavy (non-hydrogen) atoms. The maximum Gasteiger partial charge on any atom is 0.271 e. The van der Waals surface area contributed by atoms with Crippen LogP contribution in [0.1, 0.15) is 49.0 Å². The van der Waals surface area contributed by atoms with E-state index in [-0.39, 0.29) is 29.1 Å². The van der Waals surface area contributed by atoms with Crippen molar-refractivity contribution in [3.63, 3.8) is 0 Å². The molecule has 1 saturated heterocycles. The summed E-state index contributed by atoms with van der Waals surface area (Å²) in [4.78, 5) is 20.5. The average Bonchev–Trinajstić information content (AvgIpc) is 2.88. The third-order valence-corrected chi connectivity index (χ3v) is 6.18. The largest absolute Gasteiger partial charge is 0.366 e. The maximum absolute atomic E-state index is 12.1. The van der Waals surface area contributed by atoms with Crippen LogP contribution in [0.4, 0.5) is 5.82 Å². The summed E-state index contributed by atoms with van der Waals surface area (Å²) in [5.74, 6) is 0.446. The topological polar surface area (TPSA) is 101 Å². The molecule has 1 atom stereocenters. The Labute approximate surface area is 136 Å². The van der Waals surface area contributed by atoms with Gasteiger partial charge >= 0.3 is 0 Å². The van der Waals surface area contributed by atoms with Crippen molar-refractivity contribution < 1.29 is 13.2 Å². The normalized spacial score (nSPS) is 24.3. The summed E-state index contributed by atoms with van der Waals surface area (Å²) < 4.78 is 22.8. The molecule has 2 fully saturated rings. The van der Waals surface area contributed by atoms with Crippen molar-refractivity contribution in [1.82, 2.24) is 15.3 Å². The molecule has 0 spiro atoms. The molecule has 0 radical (unpaired) electrons. The average molecular weight is 338 g/mol. The van der Waals surface area contributed by atoms with Crippen molar-refractivity contribution in [2.24, 2.45) is 0 Å². The Kier molecular flexibility index (Phi) is 4.79. The zero-order chi connectivity index (χ0) is 16.3. The van der Waals surface area contributed by atoms with Gasteiger partial charge in [-0.15, -0.1) is 0 Å². The van der Waals surface area contributed by atoms with Crippen LogP contribution in [-0.4, -0.2) is 47.9 Å². The molecule has 1 aromatic heterocycles. The molecule has 0 bridgehead atoms. The summed E-state index contributed by atoms with van der Waals surface area (Å²) in [6.07, 6.45) is 9.49. The zero-order valence-electron chi connectivity index (χ0n) is 13.0. The highest BCUT2D eigenvalue weighted by Crippen LogP contribution is 2.20. The van der Waals surface area contributed by atoms with Crippen LogP contribution in [-0.2, 0) is 9.84 Å². The minimum atomic E-state index is -3.01. The number of sulfone groups is 1. The van der Waals surface area contributed by atoms with Crippen molar-refractivity contribution in [1.29, 1.82) is 0 Å². The summed E-state index contributed by atoms with van der Waals surface area (Å²) in [6.45, 7) is 0. The molecular formula is C15H22N4O3S. The Morgan fingerprint density at radius 1 is 1.04 bits per heavy atom. The molecule has 8 heteroatoms. The molecule has 1 aromatic rings. The highest BCUT2D eigenvalue weighted by Gasteiger charge is 2.29. The lowest BCUT2D eigenvalue weighted by Gasteiger charge is -2.23. The number of carbonyl (C=O) groups excluding carboxylic acids is 1. The first-order chi connectivity index (χ1) is 11.0. The minimum absolute atomic E-state index is 0.00743. The fourth-order valence-electron chi connectivity index (χ4n) is 3.14. The Hall–Kier alpha value is -1.70. The number of aromatic nitrogens is 2. The van der Waals surface area contributed by atoms with Gasteiger partial charge in [0.25, 0.3) is 5.91 Å². The van der Waals surface area contributed by atoms with E-state index in [1.165, 1.54) is 25.5 Å². The molecule has 1 amide bonds. The number of amides is 1. The Bertz CT molecular complexity index is 654. The van der Waals surface area contributed by atoms with Crippen molar-refractivity contribution >= 4 is 21.6 Å². The molecule has 1 aliphatic carbocycles. The number of anilines is 1. The standard InChI is InChI=1S/C15H22N4O3S/c20-15(19-12-6-7-23(21,22)10-12)13-8-17-14(9-16-13)18-11-4-2-1-3-5-11/h8-9,11-12H,1-7,10H2,(H,17,18)(H,19,20). The van der Waals surface area contributed by atoms with Crippen molar-refractivity contribution in [2.75, 3.05) is 16.8 Å². The predicted octanol–water partition coefficient (Wildman–Crippen LogP) is 1.14. The van der Waals surface area contributed by atoms with Crippen LogP contribution in [0.2, 0.25) is 0 Å². The number of nitrogens with zero attached hydrogens (tertiary/aromatic N) is 2. The quantitative estimate of drug-likeness (QED) is 0.854. The highest BCUT2D eigenvalue weighted by atomic mass is 32.2. The predicted molar refractivity (Wildman–Crippen MR) is 87.1 cm³/mol. The van der Waals surface area contributed by atoms with E-state index in [4.69, 9.17) is 0 Å². The number of nitrogens with one attached hydrogen (secondary N) is 2. The first-order valence-electron chi connectivity index (χ1n) is 8.12. The molecule has 2 heterocycles. The van der Waals surface area contributed by atoms with Gasteiger partial charge < -0.3 is 10.6 Å². The van der Waals surface area contributed by atoms with Gasteiger partial charge in [0.2, 0.25) is 0 Å². The minimum Gasteiger partial charge on any atom is -0.366 e. The molecule has 1 unspecified atom stereocenters. The van der Waals surface area contributed by atoms with Crippen LogP contribution in [0.5, 0.6) is 0 Å². The van der Waals surface area contributed by atoms with E-state index in [0.717, 1.165) is 12.8 Å². The van der Waals surface area contributed by atoms with Gasteiger partial charge in [0.1, 0.15) is 11.5 Å². The van der Waals surface area contributed by atoms with Crippen molar-refractivity contribution in [3.05, 3.63) is 18.1 Å². The third kappa shape index (κ3) is 4.40. The number of carbonyl (C=O) groups is 1. The fourth-order valence-corrected chi connectivity index (χ4v) is 4.82. The van der Waals surface area contributed by atoms with Gasteiger partial charge in [-0.05, 0) is 19.3 Å². The van der Waals surface area contributed by atoms with E-state index < -0.39 is 9.84 Å². The molecule has 2 aliphatic rings. The van der Waals surface area contributed by atoms with Gasteiger partial charge in [-0.1, -0.05) is 19.3 Å². The smallest absolute Gasteiger partial charge is 0.271 e. The lowest BCUT2D eigenvalue weighted by Crippen LogP contribution is -2.36. The second kappa shape index (κ2) is 6.82. The van der Waals surface area contributed by atoms with Crippen LogP contribution in [0.3, 0.4) is 0 Å². The van der Waals surface area contributed by atoms with Crippen molar-refractivity contribution in [3.8, 4) is 0 Å². The Balaban J connectivity index is 1.55. The summed E-state index contributed by atoms with van der Waals surface area (Å²) in [5, 5.41) is 6.06. The Morgan fingerprint density at radius 2 is 1.83 bits per heavy atom. The van der Waals surface area contributed by atoms with Gasteiger partial charge in [0, 0.05) is 12.1 Å². The molecular weight excluding hydrogens is 316 g/mol. The van der Waals surface area contributed by atoms with Crippen LogP contribution in [0, 0.1) is 0 Å². The van der Waals surface area contributed by atoms with Gasteiger partial charge in [-0.25, -0.2) is 18.4 Å². The van der Waals surface area contributed by atoms with Crippen molar-refractivity contribution in [2.45, 2.75) is 50.6 Å². The lowest BCUT2D eigenvalue weighted by molar-refractivity contribution is 0.0935. The molecule has 3 rings (SSSR count). The number of hydrogen-bond acceptors (Lipinski definition) is 6. The summed E-state index contributed by atoms with van der Waals surface area (Å²) in [5.41, 5.74) is 0.212. The second-order valence-corrected chi connectivity index (χ2v) is 8.57. The van der Waals surface area contributed by atoms with E-state index in [9.17, 15) is 13.2 Å². The van der Waals surface area contributed by atoms with Gasteiger partial charge in [0.05, 0.1) is 23.9 Å². The summed E-state index contributed by atoms with van der Waals surface area (Å²) >= 11 is 0. The first-order valence-corrected chi connectivity index (χ1v) is 9.94. The SMILES string of the molecule is O=C(NC1CCS(=O)(=O)C1)c1cnc(NC2CCCCC2)cn1. The Morgan fingerprint density at radius 3 is 2.43 bits per heavy atom. The second-order valence-electron chi connectivity index (χ2n) is 6.34. The maximum atomic E-state index is 12.1. The summed E-state index contributed by atoms with van der Waals surface area (Å²) in [6, 6.07) is 0.107. The van der Waals surface area contributed by atoms with Crippen LogP contribution in [0.15, 0.2) is 12.4 Å². The lowest BCUT2D eigenvalue weighted by atomic mass is 9.96. The molecule has 0 aromatic carbocycles. The molecule has 2 N–H and O–H groups in total. The zero-order valence-corrected chi connectivity index (χ0v) is 13.8. The van der Waals surface area contributed by atoms with Crippen LogP contribution in [0.25, 0.3) is 0 Å². The van der Waals surface area contributed by atoms with Gasteiger partial charge in [-0.2, -0.15) is 0 Å². The first kappa shape index (κ1) is 16.2. The van der Waals surface area contributed by atoms with Gasteiger partial charge in [0.15, 0.2) is 9.84 Å². The van der Waals surface area contributed by atoms with Crippen LogP contribution < -0.4 is 10.6 Å². The van der Waals surface area contributed by atoms with E-state index in [2.05, 4.69) is 20.6 Å². The van der Waals surface area contributed by atoms with E-state index >= 15 is 0 Å². The van der Waals surface area contributed by atoms with Crippen LogP contribution >= 0.6 is 0 Å². The monoisotopic (exact) mass is 338 g/mol. The number of hydrogen-bond donors (Lipinski definition) is 2. The van der Waals surface area contributed by atoms with E-state index in [1.807, 2.05) is 0 Å². The van der Waals surface area contributed by atoms with E-state index in [1.54, 1.807) is 6.20 Å². The molecule has 1 aliphatic heterocycles. The fraction of sp³-hybridized carbons (Fsp3) is 0.667. The molecule has 1 saturated carbocycles. The number of rotatable bonds is 4. The summed E-state index contributed by atoms with van der Waals surface area (Å²) in [7, 11) is -3.01. The highest BCUT2D eigenvalue weighted by molar-refractivity contribution is 7.91. The van der Waals surface area contributed by atoms with E-state index in [0.29, 0.717) is 18.3 Å². The van der Waals surface area contributed by atoms with Gasteiger partial charge in [-0.3, -0.25) is 4.79 Å². The third-order valence-electron chi connectivity index (χ3n) is 4.41.